The molecule has 1 fully saturated rings. The number of amides is 1. The first-order chi connectivity index (χ1) is 8.84. The van der Waals surface area contributed by atoms with Crippen molar-refractivity contribution in [3.8, 4) is 0 Å². The summed E-state index contributed by atoms with van der Waals surface area (Å²) in [5.74, 6) is 0.101. The molecular weight excluding hydrogens is 228 g/mol. The zero-order valence-electron chi connectivity index (χ0n) is 10.2. The summed E-state index contributed by atoms with van der Waals surface area (Å²) in [6.07, 6.45) is 2.80. The van der Waals surface area contributed by atoms with Gasteiger partial charge in [0, 0.05) is 42.4 Å². The lowest BCUT2D eigenvalue weighted by molar-refractivity contribution is 0.0741. The highest BCUT2D eigenvalue weighted by molar-refractivity contribution is 5.98. The van der Waals surface area contributed by atoms with Crippen LogP contribution in [-0.2, 0) is 4.74 Å². The summed E-state index contributed by atoms with van der Waals surface area (Å²) >= 11 is 0. The van der Waals surface area contributed by atoms with E-state index >= 15 is 0 Å². The number of hydrogen-bond donors (Lipinski definition) is 1. The number of nitrogens with zero attached hydrogens (tertiary/aromatic N) is 1. The van der Waals surface area contributed by atoms with Crippen LogP contribution < -0.4 is 0 Å². The summed E-state index contributed by atoms with van der Waals surface area (Å²) < 4.78 is 5.37. The zero-order chi connectivity index (χ0) is 12.4. The predicted octanol–water partition coefficient (Wildman–Crippen LogP) is 2.03. The Morgan fingerprint density at radius 3 is 3.11 bits per heavy atom. The molecule has 0 radical (unpaired) electrons. The highest BCUT2D eigenvalue weighted by Crippen LogP contribution is 2.16. The van der Waals surface area contributed by atoms with Crippen LogP contribution in [0.25, 0.3) is 10.9 Å². The van der Waals surface area contributed by atoms with Crippen LogP contribution in [0.4, 0.5) is 0 Å². The maximum Gasteiger partial charge on any atom is 0.253 e. The fourth-order valence-corrected chi connectivity index (χ4v) is 2.32. The number of H-pyrrole nitrogens is 1. The Bertz CT molecular complexity index is 554. The van der Waals surface area contributed by atoms with Crippen LogP contribution in [0.15, 0.2) is 30.5 Å². The van der Waals surface area contributed by atoms with Crippen LogP contribution >= 0.6 is 0 Å². The van der Waals surface area contributed by atoms with Crippen molar-refractivity contribution < 1.29 is 9.53 Å². The third-order valence-corrected chi connectivity index (χ3v) is 3.31. The van der Waals surface area contributed by atoms with E-state index in [1.54, 1.807) is 0 Å². The molecule has 0 atom stereocenters. The van der Waals surface area contributed by atoms with Crippen LogP contribution in [0.1, 0.15) is 16.8 Å². The number of benzene rings is 1. The summed E-state index contributed by atoms with van der Waals surface area (Å²) in [5.41, 5.74) is 1.81. The quantitative estimate of drug-likeness (QED) is 0.834. The fourth-order valence-electron chi connectivity index (χ4n) is 2.32. The lowest BCUT2D eigenvalue weighted by atomic mass is 10.1. The number of hydrogen-bond acceptors (Lipinski definition) is 2. The van der Waals surface area contributed by atoms with E-state index in [-0.39, 0.29) is 5.91 Å². The smallest absolute Gasteiger partial charge is 0.253 e. The van der Waals surface area contributed by atoms with Gasteiger partial charge in [-0.1, -0.05) is 0 Å². The van der Waals surface area contributed by atoms with Gasteiger partial charge < -0.3 is 14.6 Å². The third kappa shape index (κ3) is 2.11. The molecule has 3 rings (SSSR count). The topological polar surface area (TPSA) is 45.3 Å². The minimum atomic E-state index is 0.101. The monoisotopic (exact) mass is 244 g/mol. The second-order valence-electron chi connectivity index (χ2n) is 4.54. The first-order valence-corrected chi connectivity index (χ1v) is 6.29. The molecule has 2 aromatic rings. The van der Waals surface area contributed by atoms with E-state index in [4.69, 9.17) is 4.74 Å². The number of fused-ring (bicyclic) bond motifs is 1. The molecule has 0 unspecified atom stereocenters. The molecule has 0 bridgehead atoms. The number of rotatable bonds is 1. The molecule has 0 saturated carbocycles. The maximum atomic E-state index is 12.4. The Balaban J connectivity index is 1.85. The Hall–Kier alpha value is -1.81. The van der Waals surface area contributed by atoms with Gasteiger partial charge in [-0.25, -0.2) is 0 Å². The molecule has 1 amide bonds. The number of carbonyl (C=O) groups is 1. The first-order valence-electron chi connectivity index (χ1n) is 6.29. The number of aromatic amines is 1. The molecule has 94 valence electrons. The van der Waals surface area contributed by atoms with E-state index in [2.05, 4.69) is 4.98 Å². The molecule has 1 aromatic heterocycles. The van der Waals surface area contributed by atoms with Crippen LogP contribution in [-0.4, -0.2) is 42.1 Å². The number of carbonyl (C=O) groups excluding carboxylic acids is 1. The standard InChI is InChI=1S/C14H16N2O2/c17-14(16-6-1-8-18-9-7-16)12-2-3-13-11(10-12)4-5-15-13/h2-5,10,15H,1,6-9H2. The lowest BCUT2D eigenvalue weighted by Crippen LogP contribution is -2.33. The molecule has 4 heteroatoms. The van der Waals surface area contributed by atoms with Crippen LogP contribution in [0.5, 0.6) is 0 Å². The highest BCUT2D eigenvalue weighted by atomic mass is 16.5. The van der Waals surface area contributed by atoms with Gasteiger partial charge in [0.15, 0.2) is 0 Å². The fraction of sp³-hybridized carbons (Fsp3) is 0.357. The molecule has 1 N–H and O–H groups in total. The molecule has 2 heterocycles. The Kier molecular flexibility index (Phi) is 3.02. The van der Waals surface area contributed by atoms with Crippen LogP contribution in [0.2, 0.25) is 0 Å². The van der Waals surface area contributed by atoms with E-state index in [1.165, 1.54) is 0 Å². The van der Waals surface area contributed by atoms with Gasteiger partial charge in [-0.05, 0) is 30.7 Å². The van der Waals surface area contributed by atoms with Crippen molar-refractivity contribution in [2.45, 2.75) is 6.42 Å². The van der Waals surface area contributed by atoms with E-state index in [1.807, 2.05) is 35.4 Å². The minimum absolute atomic E-state index is 0.101. The minimum Gasteiger partial charge on any atom is -0.380 e. The van der Waals surface area contributed by atoms with Gasteiger partial charge in [0.25, 0.3) is 5.91 Å². The summed E-state index contributed by atoms with van der Waals surface area (Å²) in [6.45, 7) is 2.85. The number of nitrogens with one attached hydrogen (secondary N) is 1. The molecule has 1 aromatic carbocycles. The zero-order valence-corrected chi connectivity index (χ0v) is 10.2. The molecule has 0 spiro atoms. The highest BCUT2D eigenvalue weighted by Gasteiger charge is 2.17. The molecule has 0 aliphatic carbocycles. The summed E-state index contributed by atoms with van der Waals surface area (Å²) in [6, 6.07) is 7.77. The van der Waals surface area contributed by atoms with Crippen molar-refractivity contribution in [1.82, 2.24) is 9.88 Å². The normalized spacial score (nSPS) is 16.8. The third-order valence-electron chi connectivity index (χ3n) is 3.31. The summed E-state index contributed by atoms with van der Waals surface area (Å²) in [7, 11) is 0. The number of aromatic nitrogens is 1. The van der Waals surface area contributed by atoms with Gasteiger partial charge in [-0.2, -0.15) is 0 Å². The Morgan fingerprint density at radius 1 is 1.22 bits per heavy atom. The van der Waals surface area contributed by atoms with E-state index in [0.717, 1.165) is 36.0 Å². The predicted molar refractivity (Wildman–Crippen MR) is 69.6 cm³/mol. The lowest BCUT2D eigenvalue weighted by Gasteiger charge is -2.19. The first kappa shape index (κ1) is 11.3. The molecule has 18 heavy (non-hydrogen) atoms. The molecule has 4 nitrogen and oxygen atoms in total. The van der Waals surface area contributed by atoms with Gasteiger partial charge in [-0.3, -0.25) is 4.79 Å². The van der Waals surface area contributed by atoms with Crippen molar-refractivity contribution in [2.75, 3.05) is 26.3 Å². The average molecular weight is 244 g/mol. The van der Waals surface area contributed by atoms with Crippen molar-refractivity contribution in [3.63, 3.8) is 0 Å². The second kappa shape index (κ2) is 4.82. The summed E-state index contributed by atoms with van der Waals surface area (Å²) in [4.78, 5) is 17.4. The number of ether oxygens (including phenoxy) is 1. The molecule has 1 saturated heterocycles. The molecular formula is C14H16N2O2. The van der Waals surface area contributed by atoms with Gasteiger partial charge in [-0.15, -0.1) is 0 Å². The van der Waals surface area contributed by atoms with Gasteiger partial charge in [0.2, 0.25) is 0 Å². The van der Waals surface area contributed by atoms with Crippen molar-refractivity contribution in [3.05, 3.63) is 36.0 Å². The Morgan fingerprint density at radius 2 is 2.17 bits per heavy atom. The van der Waals surface area contributed by atoms with Gasteiger partial charge >= 0.3 is 0 Å². The van der Waals surface area contributed by atoms with E-state index < -0.39 is 0 Å². The van der Waals surface area contributed by atoms with Crippen molar-refractivity contribution >= 4 is 16.8 Å². The largest absolute Gasteiger partial charge is 0.380 e. The maximum absolute atomic E-state index is 12.4. The SMILES string of the molecule is O=C(c1ccc2[nH]ccc2c1)N1CCCOCC1. The van der Waals surface area contributed by atoms with Gasteiger partial charge in [0.05, 0.1) is 6.61 Å². The second-order valence-corrected chi connectivity index (χ2v) is 4.54. The average Bonchev–Trinajstić information content (AvgIpc) is 2.69. The van der Waals surface area contributed by atoms with Crippen LogP contribution in [0, 0.1) is 0 Å². The van der Waals surface area contributed by atoms with Crippen LogP contribution in [0.3, 0.4) is 0 Å². The molecule has 1 aliphatic rings. The van der Waals surface area contributed by atoms with Crippen molar-refractivity contribution in [1.29, 1.82) is 0 Å². The van der Waals surface area contributed by atoms with E-state index in [9.17, 15) is 4.79 Å². The van der Waals surface area contributed by atoms with Crippen molar-refractivity contribution in [2.24, 2.45) is 0 Å². The van der Waals surface area contributed by atoms with E-state index in [0.29, 0.717) is 13.2 Å². The Labute approximate surface area is 106 Å². The van der Waals surface area contributed by atoms with Gasteiger partial charge in [0.1, 0.15) is 0 Å². The summed E-state index contributed by atoms with van der Waals surface area (Å²) in [5, 5.41) is 1.08. The molecule has 1 aliphatic heterocycles.